The van der Waals surface area contributed by atoms with Crippen LogP contribution < -0.4 is 26.1 Å². The molecular formula is C52H76N6O9. The number of carbonyl (C=O) groups excluding carboxylic acids is 4. The van der Waals surface area contributed by atoms with E-state index in [-0.39, 0.29) is 93.1 Å². The van der Waals surface area contributed by atoms with Crippen LogP contribution in [0.4, 0.5) is 5.69 Å². The molecule has 15 heteroatoms. The van der Waals surface area contributed by atoms with Gasteiger partial charge in [-0.15, -0.1) is 0 Å². The Morgan fingerprint density at radius 3 is 2.33 bits per heavy atom. The molecule has 0 aromatic heterocycles. The number of Topliss-reactive ketones (excluding diaryl/α,β-unsaturated/α-hetero) is 1. The van der Waals surface area contributed by atoms with Crippen molar-refractivity contribution in [2.75, 3.05) is 59.2 Å². The van der Waals surface area contributed by atoms with E-state index in [1.807, 2.05) is 58.8 Å². The second-order valence-corrected chi connectivity index (χ2v) is 20.0. The third-order valence-corrected chi connectivity index (χ3v) is 13.5. The minimum atomic E-state index is -0.920. The number of hydrogen-bond donors (Lipinski definition) is 5. The van der Waals surface area contributed by atoms with Crippen molar-refractivity contribution in [1.29, 1.82) is 0 Å². The summed E-state index contributed by atoms with van der Waals surface area (Å²) in [7, 11) is 5.28. The number of aliphatic hydroxyl groups is 1. The van der Waals surface area contributed by atoms with Gasteiger partial charge in [0.15, 0.2) is 17.2 Å². The van der Waals surface area contributed by atoms with E-state index in [9.17, 15) is 34.5 Å². The Balaban J connectivity index is 1.57. The summed E-state index contributed by atoms with van der Waals surface area (Å²) in [5.41, 5.74) is -0.225. The van der Waals surface area contributed by atoms with Crippen LogP contribution in [0.15, 0.2) is 45.9 Å². The third kappa shape index (κ3) is 12.9. The number of likely N-dealkylation sites (N-methyl/N-ethyl adjacent to an activating group) is 1. The first kappa shape index (κ1) is 52.8. The van der Waals surface area contributed by atoms with E-state index in [0.717, 1.165) is 19.6 Å². The lowest BCUT2D eigenvalue weighted by Crippen LogP contribution is -2.43. The number of phenols is 2. The number of nitrogens with zero attached hydrogens (tertiary/aromatic N) is 4. The van der Waals surface area contributed by atoms with Gasteiger partial charge < -0.3 is 45.2 Å². The number of phenolic OH excluding ortho intramolecular Hbond substituents is 2. The van der Waals surface area contributed by atoms with Crippen LogP contribution in [0.3, 0.4) is 0 Å². The number of aliphatic hydroxyl groups excluding tert-OH is 1. The van der Waals surface area contributed by atoms with E-state index < -0.39 is 41.4 Å². The molecule has 3 aliphatic heterocycles. The summed E-state index contributed by atoms with van der Waals surface area (Å²) < 4.78 is 12.0. The Morgan fingerprint density at radius 1 is 0.985 bits per heavy atom. The Morgan fingerprint density at radius 2 is 1.67 bits per heavy atom. The van der Waals surface area contributed by atoms with Crippen molar-refractivity contribution >= 4 is 40.0 Å². The fraction of sp³-hybridized carbons (Fsp3) is 0.615. The Bertz CT molecular complexity index is 2360. The molecule has 0 unspecified atom stereocenters. The molecule has 0 radical (unpaired) electrons. The van der Waals surface area contributed by atoms with Crippen LogP contribution in [0, 0.1) is 36.5 Å². The van der Waals surface area contributed by atoms with Gasteiger partial charge in [0.2, 0.25) is 5.91 Å². The number of nitrogens with one attached hydrogen (secondary N) is 2. The second-order valence-electron chi connectivity index (χ2n) is 20.0. The molecule has 1 spiro atoms. The second kappa shape index (κ2) is 23.3. The van der Waals surface area contributed by atoms with Crippen LogP contribution in [0.2, 0.25) is 0 Å². The third-order valence-electron chi connectivity index (χ3n) is 13.5. The van der Waals surface area contributed by atoms with Gasteiger partial charge in [-0.1, -0.05) is 71.9 Å². The fourth-order valence-electron chi connectivity index (χ4n) is 9.70. The average molecular weight is 929 g/mol. The minimum absolute atomic E-state index is 0.00155. The lowest BCUT2D eigenvalue weighted by atomic mass is 9.80. The SMILES string of the molecule is COc1c(C)c(O)c2c(O)c3c4c(c2c1C(=O)C/C=C/C[C@@H](C)[C@@H](OC(=O)CCCC(=O)NCCN(C)C)[C@H](C)[C@H](O)[C@H](C)C[C@@H](C)/C=C/C=C(/C)C(=O)N3)=NC1(CCN(CC(C)C)CC1)N=4. The number of ether oxygens (including phenoxy) is 2. The van der Waals surface area contributed by atoms with E-state index in [1.54, 1.807) is 32.1 Å². The minimum Gasteiger partial charge on any atom is -0.507 e. The first-order chi connectivity index (χ1) is 31.7. The predicted molar refractivity (Wildman–Crippen MR) is 261 cm³/mol. The molecule has 67 heavy (non-hydrogen) atoms. The largest absolute Gasteiger partial charge is 0.507 e. The normalized spacial score (nSPS) is 25.9. The lowest BCUT2D eigenvalue weighted by molar-refractivity contribution is -0.158. The molecular weight excluding hydrogens is 853 g/mol. The zero-order valence-corrected chi connectivity index (χ0v) is 41.7. The Labute approximate surface area is 396 Å². The van der Waals surface area contributed by atoms with Crippen molar-refractivity contribution in [1.82, 2.24) is 15.1 Å². The Hall–Kier alpha value is -5.12. The van der Waals surface area contributed by atoms with Gasteiger partial charge in [-0.25, -0.2) is 0 Å². The highest BCUT2D eigenvalue weighted by Gasteiger charge is 2.39. The molecule has 0 saturated carbocycles. The molecule has 2 aromatic rings. The molecule has 2 amide bonds. The number of rotatable bonds is 11. The number of aromatic hydroxyl groups is 2. The molecule has 0 aliphatic carbocycles. The van der Waals surface area contributed by atoms with Crippen LogP contribution in [0.1, 0.15) is 116 Å². The van der Waals surface area contributed by atoms with Gasteiger partial charge in [-0.3, -0.25) is 29.2 Å². The van der Waals surface area contributed by atoms with Crippen molar-refractivity contribution in [3.05, 3.63) is 57.8 Å². The number of hydrogen-bond acceptors (Lipinski definition) is 13. The molecule has 368 valence electrons. The Kier molecular flexibility index (Phi) is 18.3. The topological polar surface area (TPSA) is 203 Å². The molecule has 3 heterocycles. The van der Waals surface area contributed by atoms with E-state index in [1.165, 1.54) is 7.11 Å². The molecule has 2 bridgehead atoms. The van der Waals surface area contributed by atoms with E-state index in [0.29, 0.717) is 62.0 Å². The van der Waals surface area contributed by atoms with E-state index >= 15 is 0 Å². The summed E-state index contributed by atoms with van der Waals surface area (Å²) >= 11 is 0. The van der Waals surface area contributed by atoms with Gasteiger partial charge in [0, 0.05) is 87.3 Å². The number of ketones is 1. The molecule has 15 nitrogen and oxygen atoms in total. The van der Waals surface area contributed by atoms with Gasteiger partial charge in [0.1, 0.15) is 28.6 Å². The standard InChI is InChI=1S/C52H76N6O9/c1-30(2)29-58-25-22-52(23-26-58)55-43-41-40-37(59)19-13-12-17-32(4)49(67-39(61)21-15-20-38(60)53-24-27-57(9)10)35(7)46(62)34(6)28-31(3)16-14-18-33(5)51(65)54-45(44(43)56-52)48(64)42(41)47(63)36(8)50(40)66-11/h12-14,16,18,30-32,34-35,46,49,62-64H,15,17,19-29H2,1-11H3,(H,53,60)(H,54,65)/b13-12+,16-14+,33-18-/t31-,32+,34+,35+,46+,49+/m0/s1. The number of piperidine rings is 1. The van der Waals surface area contributed by atoms with Gasteiger partial charge >= 0.3 is 5.97 Å². The average Bonchev–Trinajstić information content (AvgIpc) is 3.64. The molecule has 3 aliphatic rings. The van der Waals surface area contributed by atoms with Crippen molar-refractivity contribution < 1.29 is 44.0 Å². The van der Waals surface area contributed by atoms with Gasteiger partial charge in [-0.2, -0.15) is 0 Å². The van der Waals surface area contributed by atoms with E-state index in [2.05, 4.69) is 29.4 Å². The van der Waals surface area contributed by atoms with Crippen LogP contribution in [0.25, 0.3) is 10.8 Å². The molecule has 5 N–H and O–H groups in total. The maximum atomic E-state index is 14.7. The highest BCUT2D eigenvalue weighted by atomic mass is 16.5. The molecule has 6 atom stereocenters. The first-order valence-electron chi connectivity index (χ1n) is 24.1. The van der Waals surface area contributed by atoms with Crippen LogP contribution in [0.5, 0.6) is 17.2 Å². The van der Waals surface area contributed by atoms with Gasteiger partial charge in [0.05, 0.1) is 29.5 Å². The molecule has 5 rings (SSSR count). The van der Waals surface area contributed by atoms with Crippen molar-refractivity contribution in [3.63, 3.8) is 0 Å². The molecule has 1 fully saturated rings. The smallest absolute Gasteiger partial charge is 0.306 e. The molecule has 2 aromatic carbocycles. The number of amides is 2. The van der Waals surface area contributed by atoms with Crippen molar-refractivity contribution in [3.8, 4) is 17.2 Å². The van der Waals surface area contributed by atoms with Crippen molar-refractivity contribution in [2.45, 2.75) is 125 Å². The summed E-state index contributed by atoms with van der Waals surface area (Å²) in [4.78, 5) is 69.2. The van der Waals surface area contributed by atoms with Crippen LogP contribution in [-0.4, -0.2) is 120 Å². The summed E-state index contributed by atoms with van der Waals surface area (Å²) in [5, 5.41) is 42.2. The van der Waals surface area contributed by atoms with Gasteiger partial charge in [-0.05, 0) is 70.9 Å². The molecule has 1 saturated heterocycles. The lowest BCUT2D eigenvalue weighted by Gasteiger charge is -2.36. The summed E-state index contributed by atoms with van der Waals surface area (Å²) in [5.74, 6) is -2.51. The first-order valence-corrected chi connectivity index (χ1v) is 24.1. The predicted octanol–water partition coefficient (Wildman–Crippen LogP) is 6.30. The maximum absolute atomic E-state index is 14.7. The van der Waals surface area contributed by atoms with Crippen LogP contribution >= 0.6 is 0 Å². The summed E-state index contributed by atoms with van der Waals surface area (Å²) in [6.45, 7) is 19.0. The highest BCUT2D eigenvalue weighted by Crippen LogP contribution is 2.45. The summed E-state index contributed by atoms with van der Waals surface area (Å²) in [6, 6.07) is 0. The van der Waals surface area contributed by atoms with Crippen LogP contribution in [-0.2, 0) is 19.1 Å². The quantitative estimate of drug-likeness (QED) is 0.0962. The van der Waals surface area contributed by atoms with Gasteiger partial charge in [0.25, 0.3) is 5.91 Å². The number of esters is 1. The number of allylic oxidation sites excluding steroid dienone is 5. The summed E-state index contributed by atoms with van der Waals surface area (Å²) in [6.07, 6.45) is 10.1. The zero-order chi connectivity index (χ0) is 49.3. The zero-order valence-electron chi connectivity index (χ0n) is 41.7. The number of anilines is 1. The number of methoxy groups -OCH3 is 1. The van der Waals surface area contributed by atoms with Crippen molar-refractivity contribution in [2.24, 2.45) is 39.6 Å². The maximum Gasteiger partial charge on any atom is 0.306 e. The monoisotopic (exact) mass is 929 g/mol. The fourth-order valence-corrected chi connectivity index (χ4v) is 9.70. The van der Waals surface area contributed by atoms with E-state index in [4.69, 9.17) is 19.5 Å². The highest BCUT2D eigenvalue weighted by molar-refractivity contribution is 6.16. The number of likely N-dealkylation sites (tertiary alicyclic amines) is 1. The number of carbonyl (C=O) groups is 4. The number of benzene rings is 2.